The maximum Gasteiger partial charge on any atom is 0.240 e. The maximum absolute atomic E-state index is 14.2. The van der Waals surface area contributed by atoms with E-state index in [9.17, 15) is 15.0 Å². The molecule has 4 rings (SSSR count). The molecule has 2 aliphatic rings. The molecule has 2 fully saturated rings. The third kappa shape index (κ3) is 10.5. The second-order valence-corrected chi connectivity index (χ2v) is 16.6. The Labute approximate surface area is 307 Å². The standard InChI is InChI=1S/C41H65ClN4O4/c1-9-11-18-34(26-44(7)8)45(25-32-17-12-13-19-35(32)42)23-30-15-14-16-31(20-30)24-46-39(38(29(4)48)37(27-47)50-46)40(49)43-36-21-33(10-2)41(5,6)22-28(36)3/h12-17,19-20,28-29,33-34,36-39,47-48H,9-11,18,21-27H2,1-8H3,(H,43,49)/t28-,29-,33+,34?,36?,37-,38+,39?/m0/s1. The minimum Gasteiger partial charge on any atom is -0.394 e. The third-order valence-corrected chi connectivity index (χ3v) is 11.8. The van der Waals surface area contributed by atoms with Crippen LogP contribution in [-0.2, 0) is 29.3 Å². The number of carbonyl (C=O) groups excluding carboxylic acids is 1. The molecule has 0 radical (unpaired) electrons. The maximum atomic E-state index is 14.2. The number of nitrogens with one attached hydrogen (secondary N) is 1. The Morgan fingerprint density at radius 3 is 2.48 bits per heavy atom. The molecule has 3 N–H and O–H groups in total. The number of aliphatic hydroxyl groups excluding tert-OH is 2. The minimum atomic E-state index is -0.833. The Balaban J connectivity index is 1.58. The van der Waals surface area contributed by atoms with E-state index in [0.717, 1.165) is 74.3 Å². The first-order chi connectivity index (χ1) is 23.8. The van der Waals surface area contributed by atoms with Crippen molar-refractivity contribution >= 4 is 17.5 Å². The van der Waals surface area contributed by atoms with Gasteiger partial charge in [0.25, 0.3) is 0 Å². The molecule has 3 unspecified atom stereocenters. The Morgan fingerprint density at radius 1 is 1.12 bits per heavy atom. The van der Waals surface area contributed by atoms with Crippen molar-refractivity contribution < 1.29 is 19.8 Å². The molecule has 1 heterocycles. The second kappa shape index (κ2) is 18.6. The zero-order chi connectivity index (χ0) is 36.6. The van der Waals surface area contributed by atoms with Gasteiger partial charge in [0.1, 0.15) is 12.1 Å². The molecule has 9 heteroatoms. The van der Waals surface area contributed by atoms with Crippen molar-refractivity contribution in [3.8, 4) is 0 Å². The summed E-state index contributed by atoms with van der Waals surface area (Å²) in [5, 5.41) is 27.1. The molecule has 1 saturated carbocycles. The number of aliphatic hydroxyl groups is 2. The molecule has 1 amide bonds. The quantitative estimate of drug-likeness (QED) is 0.165. The Morgan fingerprint density at radius 2 is 1.84 bits per heavy atom. The van der Waals surface area contributed by atoms with Gasteiger partial charge in [0, 0.05) is 42.7 Å². The minimum absolute atomic E-state index is 0.0559. The molecular formula is C41H65ClN4O4. The molecule has 1 aliphatic heterocycles. The van der Waals surface area contributed by atoms with Crippen molar-refractivity contribution in [2.45, 2.75) is 130 Å². The van der Waals surface area contributed by atoms with Crippen LogP contribution in [0.3, 0.4) is 0 Å². The average Bonchev–Trinajstić information content (AvgIpc) is 3.43. The molecule has 2 aromatic carbocycles. The van der Waals surface area contributed by atoms with Gasteiger partial charge < -0.3 is 20.4 Å². The summed E-state index contributed by atoms with van der Waals surface area (Å²) < 4.78 is 0. The molecule has 50 heavy (non-hydrogen) atoms. The van der Waals surface area contributed by atoms with Crippen molar-refractivity contribution in [2.75, 3.05) is 27.2 Å². The Hall–Kier alpha value is -2.04. The van der Waals surface area contributed by atoms with Gasteiger partial charge in [-0.1, -0.05) is 108 Å². The molecule has 1 saturated heterocycles. The molecule has 0 aromatic heterocycles. The lowest BCUT2D eigenvalue weighted by atomic mass is 9.63. The van der Waals surface area contributed by atoms with Crippen molar-refractivity contribution in [3.63, 3.8) is 0 Å². The highest BCUT2D eigenvalue weighted by Crippen LogP contribution is 2.45. The molecule has 280 valence electrons. The summed E-state index contributed by atoms with van der Waals surface area (Å²) in [6, 6.07) is 16.3. The molecule has 8 atom stereocenters. The van der Waals surface area contributed by atoms with Crippen LogP contribution >= 0.6 is 11.6 Å². The number of rotatable bonds is 17. The van der Waals surface area contributed by atoms with E-state index >= 15 is 0 Å². The summed E-state index contributed by atoms with van der Waals surface area (Å²) in [6.07, 6.45) is 4.95. The van der Waals surface area contributed by atoms with Gasteiger partial charge in [0.05, 0.1) is 19.3 Å². The summed E-state index contributed by atoms with van der Waals surface area (Å²) in [6.45, 7) is 15.6. The fraction of sp³-hybridized carbons (Fsp3) is 0.683. The average molecular weight is 713 g/mol. The van der Waals surface area contributed by atoms with Crippen molar-refractivity contribution in [2.24, 2.45) is 23.2 Å². The highest BCUT2D eigenvalue weighted by molar-refractivity contribution is 6.31. The summed E-state index contributed by atoms with van der Waals surface area (Å²) in [5.41, 5.74) is 3.53. The van der Waals surface area contributed by atoms with Gasteiger partial charge in [0.2, 0.25) is 5.91 Å². The lowest BCUT2D eigenvalue weighted by Crippen LogP contribution is -2.55. The Bertz CT molecular complexity index is 1360. The van der Waals surface area contributed by atoms with E-state index in [1.54, 1.807) is 12.0 Å². The van der Waals surface area contributed by atoms with Crippen molar-refractivity contribution in [3.05, 3.63) is 70.2 Å². The van der Waals surface area contributed by atoms with Crippen LogP contribution in [0.5, 0.6) is 0 Å². The first kappa shape index (κ1) is 40.7. The highest BCUT2D eigenvalue weighted by Gasteiger charge is 2.50. The van der Waals surface area contributed by atoms with Crippen molar-refractivity contribution in [1.29, 1.82) is 0 Å². The zero-order valence-corrected chi connectivity index (χ0v) is 32.7. The van der Waals surface area contributed by atoms with Gasteiger partial charge >= 0.3 is 0 Å². The summed E-state index contributed by atoms with van der Waals surface area (Å²) in [7, 11) is 4.27. The van der Waals surface area contributed by atoms with Gasteiger partial charge in [-0.25, -0.2) is 0 Å². The molecular weight excluding hydrogens is 648 g/mol. The summed E-state index contributed by atoms with van der Waals surface area (Å²) in [4.78, 5) is 25.3. The Kier molecular flexibility index (Phi) is 15.2. The van der Waals surface area contributed by atoms with E-state index in [1.807, 2.05) is 18.2 Å². The van der Waals surface area contributed by atoms with E-state index in [1.165, 1.54) is 5.56 Å². The number of hydrogen-bond acceptors (Lipinski definition) is 7. The van der Waals surface area contributed by atoms with Crippen LogP contribution in [0, 0.1) is 23.2 Å². The lowest BCUT2D eigenvalue weighted by Gasteiger charge is -2.46. The number of likely N-dealkylation sites (N-methyl/N-ethyl adjacent to an activating group) is 1. The fourth-order valence-electron chi connectivity index (χ4n) is 8.71. The predicted molar refractivity (Wildman–Crippen MR) is 203 cm³/mol. The molecule has 8 nitrogen and oxygen atoms in total. The summed E-state index contributed by atoms with van der Waals surface area (Å²) >= 11 is 6.67. The first-order valence-electron chi connectivity index (χ1n) is 19.0. The third-order valence-electron chi connectivity index (χ3n) is 11.4. The number of nitrogens with zero attached hydrogens (tertiary/aromatic N) is 3. The number of benzene rings is 2. The molecule has 2 aromatic rings. The highest BCUT2D eigenvalue weighted by atomic mass is 35.5. The largest absolute Gasteiger partial charge is 0.394 e. The van der Waals surface area contributed by atoms with E-state index in [4.69, 9.17) is 16.4 Å². The SMILES string of the molecule is CCCCC(CN(C)C)N(Cc1cccc(CN2O[C@@H](CO)[C@@H]([C@H](C)O)C2C(=O)NC2C[C@@H](CC)C(C)(C)C[C@@H]2C)c1)Cc1ccccc1Cl. The predicted octanol–water partition coefficient (Wildman–Crippen LogP) is 6.90. The number of carbonyl (C=O) groups is 1. The smallest absolute Gasteiger partial charge is 0.240 e. The van der Waals surface area contributed by atoms with Gasteiger partial charge in [-0.3, -0.25) is 14.5 Å². The van der Waals surface area contributed by atoms with Crippen LogP contribution in [0.15, 0.2) is 48.5 Å². The second-order valence-electron chi connectivity index (χ2n) is 16.2. The zero-order valence-electron chi connectivity index (χ0n) is 31.9. The van der Waals surface area contributed by atoms with Crippen LogP contribution in [0.2, 0.25) is 5.02 Å². The fourth-order valence-corrected chi connectivity index (χ4v) is 8.91. The number of hydroxylamine groups is 2. The van der Waals surface area contributed by atoms with Crippen LogP contribution in [0.1, 0.15) is 96.8 Å². The van der Waals surface area contributed by atoms with Gasteiger partial charge in [-0.05, 0) is 80.3 Å². The van der Waals surface area contributed by atoms with E-state index in [-0.39, 0.29) is 24.0 Å². The van der Waals surface area contributed by atoms with Crippen LogP contribution in [0.4, 0.5) is 0 Å². The summed E-state index contributed by atoms with van der Waals surface area (Å²) in [5.74, 6) is 0.169. The van der Waals surface area contributed by atoms with Crippen molar-refractivity contribution in [1.82, 2.24) is 20.2 Å². The van der Waals surface area contributed by atoms with E-state index in [0.29, 0.717) is 24.4 Å². The number of unbranched alkanes of at least 4 members (excludes halogenated alkanes) is 1. The number of hydrogen-bond donors (Lipinski definition) is 3. The van der Waals surface area contributed by atoms with E-state index in [2.05, 4.69) is 94.2 Å². The van der Waals surface area contributed by atoms with Gasteiger partial charge in [-0.2, -0.15) is 5.06 Å². The first-order valence-corrected chi connectivity index (χ1v) is 19.4. The van der Waals surface area contributed by atoms with Crippen LogP contribution in [-0.4, -0.2) is 88.6 Å². The molecule has 0 bridgehead atoms. The van der Waals surface area contributed by atoms with Crippen LogP contribution < -0.4 is 5.32 Å². The monoisotopic (exact) mass is 712 g/mol. The topological polar surface area (TPSA) is 88.5 Å². The van der Waals surface area contributed by atoms with Crippen LogP contribution in [0.25, 0.3) is 0 Å². The number of amides is 1. The lowest BCUT2D eigenvalue weighted by molar-refractivity contribution is -0.182. The van der Waals surface area contributed by atoms with E-state index < -0.39 is 24.2 Å². The normalized spacial score (nSPS) is 26.7. The van der Waals surface area contributed by atoms with Gasteiger partial charge in [-0.15, -0.1) is 0 Å². The van der Waals surface area contributed by atoms with Gasteiger partial charge in [0.15, 0.2) is 0 Å². The number of halogens is 1. The molecule has 1 aliphatic carbocycles. The molecule has 0 spiro atoms.